The van der Waals surface area contributed by atoms with Gasteiger partial charge < -0.3 is 29.1 Å². The topological polar surface area (TPSA) is 67.6 Å². The van der Waals surface area contributed by atoms with Crippen LogP contribution in [0.4, 0.5) is 22.7 Å². The maximum Gasteiger partial charge on any atom is 0.205 e. The summed E-state index contributed by atoms with van der Waals surface area (Å²) < 4.78 is 12.8. The maximum absolute atomic E-state index is 9.11. The summed E-state index contributed by atoms with van der Waals surface area (Å²) >= 11 is 0. The highest BCUT2D eigenvalue weighted by molar-refractivity contribution is 6.11. The molecule has 8 nitrogen and oxygen atoms in total. The zero-order valence-corrected chi connectivity index (χ0v) is 29.4. The molecule has 0 aliphatic carbocycles. The average molecular weight is 645 g/mol. The number of benzene rings is 4. The second kappa shape index (κ2) is 14.0. The molecule has 8 heteroatoms. The molecule has 2 fully saturated rings. The van der Waals surface area contributed by atoms with Crippen LogP contribution in [0.2, 0.25) is 0 Å². The van der Waals surface area contributed by atoms with Crippen LogP contribution in [0.1, 0.15) is 39.8 Å². The molecule has 2 aliphatic rings. The molecule has 2 aliphatic heterocycles. The van der Waals surface area contributed by atoms with E-state index in [1.807, 2.05) is 13.1 Å². The Morgan fingerprint density at radius 2 is 1.02 bits per heavy atom. The Morgan fingerprint density at radius 1 is 0.583 bits per heavy atom. The van der Waals surface area contributed by atoms with Crippen molar-refractivity contribution in [2.75, 3.05) is 66.0 Å². The lowest BCUT2D eigenvalue weighted by molar-refractivity contribution is 0.248. The van der Waals surface area contributed by atoms with Crippen LogP contribution < -0.4 is 29.1 Å². The third kappa shape index (κ3) is 6.44. The predicted octanol–water partition coefficient (Wildman–Crippen LogP) is 7.96. The minimum Gasteiger partial charge on any atom is -0.491 e. The molecule has 0 saturated carbocycles. The van der Waals surface area contributed by atoms with Gasteiger partial charge in [0, 0.05) is 51.0 Å². The van der Waals surface area contributed by atoms with Gasteiger partial charge in [0.2, 0.25) is 11.9 Å². The van der Waals surface area contributed by atoms with Crippen LogP contribution in [-0.2, 0) is 0 Å². The Bertz CT molecular complexity index is 1810. The molecular formula is C40H48N6O2. The predicted molar refractivity (Wildman–Crippen MR) is 200 cm³/mol. The molecule has 1 N–H and O–H groups in total. The number of ether oxygens (including phenoxy) is 2. The molecule has 0 atom stereocenters. The van der Waals surface area contributed by atoms with E-state index < -0.39 is 0 Å². The Morgan fingerprint density at radius 3 is 1.54 bits per heavy atom. The van der Waals surface area contributed by atoms with E-state index in [1.54, 1.807) is 0 Å². The highest BCUT2D eigenvalue weighted by atomic mass is 16.5. The summed E-state index contributed by atoms with van der Waals surface area (Å²) in [6.07, 6.45) is 0.718. The minimum atomic E-state index is 0.478. The Balaban J connectivity index is 1.11. The molecular weight excluding hydrogens is 596 g/mol. The zero-order valence-electron chi connectivity index (χ0n) is 29.4. The van der Waals surface area contributed by atoms with E-state index >= 15 is 0 Å². The second-order valence-electron chi connectivity index (χ2n) is 12.9. The molecule has 0 spiro atoms. The Labute approximate surface area is 285 Å². The SMILES string of the molecule is CN=C1N(c2cc(C)ccc2OCCCOc2ccc(C)cc2N2CCN(c3c(C)cccc3C)C2=N)CCN1c1c(C)cccc1C. The number of rotatable bonds is 10. The maximum atomic E-state index is 9.11. The quantitative estimate of drug-likeness (QED) is 0.177. The van der Waals surface area contributed by atoms with Crippen LogP contribution in [0.15, 0.2) is 77.8 Å². The van der Waals surface area contributed by atoms with E-state index in [1.165, 1.54) is 33.5 Å². The van der Waals surface area contributed by atoms with Gasteiger partial charge in [-0.05, 0) is 99.2 Å². The first-order chi connectivity index (χ1) is 23.2. The molecule has 0 bridgehead atoms. The van der Waals surface area contributed by atoms with Crippen molar-refractivity contribution in [2.24, 2.45) is 4.99 Å². The highest BCUT2D eigenvalue weighted by Gasteiger charge is 2.33. The molecule has 6 rings (SSSR count). The van der Waals surface area contributed by atoms with Crippen molar-refractivity contribution in [3.63, 3.8) is 0 Å². The summed E-state index contributed by atoms with van der Waals surface area (Å²) in [5.74, 6) is 3.04. The van der Waals surface area contributed by atoms with Gasteiger partial charge in [-0.1, -0.05) is 48.5 Å². The molecule has 0 amide bonds. The first kappa shape index (κ1) is 32.9. The lowest BCUT2D eigenvalue weighted by Gasteiger charge is -2.27. The van der Waals surface area contributed by atoms with Crippen LogP contribution >= 0.6 is 0 Å². The third-order valence-electron chi connectivity index (χ3n) is 9.32. The minimum absolute atomic E-state index is 0.478. The lowest BCUT2D eigenvalue weighted by atomic mass is 10.1. The summed E-state index contributed by atoms with van der Waals surface area (Å²) in [6, 6.07) is 25.3. The number of aliphatic imine (C=N–C) groups is 1. The van der Waals surface area contributed by atoms with Gasteiger partial charge in [0.05, 0.1) is 24.6 Å². The largest absolute Gasteiger partial charge is 0.491 e. The fourth-order valence-corrected chi connectivity index (χ4v) is 7.04. The number of hydrogen-bond donors (Lipinski definition) is 1. The molecule has 2 heterocycles. The van der Waals surface area contributed by atoms with Crippen LogP contribution in [0.3, 0.4) is 0 Å². The normalized spacial score (nSPS) is 15.6. The van der Waals surface area contributed by atoms with Gasteiger partial charge in [-0.2, -0.15) is 0 Å². The molecule has 48 heavy (non-hydrogen) atoms. The summed E-state index contributed by atoms with van der Waals surface area (Å²) in [7, 11) is 1.87. The monoisotopic (exact) mass is 644 g/mol. The van der Waals surface area contributed by atoms with Crippen molar-refractivity contribution in [3.05, 3.63) is 106 Å². The fourth-order valence-electron chi connectivity index (χ4n) is 7.04. The molecule has 4 aromatic carbocycles. The molecule has 0 aromatic heterocycles. The number of nitrogens with one attached hydrogen (secondary N) is 1. The van der Waals surface area contributed by atoms with E-state index in [-0.39, 0.29) is 0 Å². The van der Waals surface area contributed by atoms with E-state index in [9.17, 15) is 0 Å². The number of guanidine groups is 2. The fraction of sp³-hybridized carbons (Fsp3) is 0.350. The molecule has 0 radical (unpaired) electrons. The van der Waals surface area contributed by atoms with Crippen molar-refractivity contribution in [1.82, 2.24) is 0 Å². The van der Waals surface area contributed by atoms with Gasteiger partial charge in [-0.15, -0.1) is 0 Å². The van der Waals surface area contributed by atoms with E-state index in [4.69, 9.17) is 19.9 Å². The standard InChI is InChI=1S/C40H48N6O2/c1-27-15-17-35(33(25-27)43-19-21-45(39(43)41)37-29(3)11-8-12-30(37)4)47-23-10-24-48-36-18-16-28(2)26-34(36)44-20-22-46(40(44)42-7)38-31(5)13-9-14-32(38)6/h8-9,11-18,25-26,41H,10,19-24H2,1-7H3. The number of hydrogen-bond acceptors (Lipinski definition) is 4. The van der Waals surface area contributed by atoms with Crippen molar-refractivity contribution >= 4 is 34.7 Å². The van der Waals surface area contributed by atoms with Crippen molar-refractivity contribution < 1.29 is 9.47 Å². The second-order valence-corrected chi connectivity index (χ2v) is 12.9. The van der Waals surface area contributed by atoms with Crippen molar-refractivity contribution in [1.29, 1.82) is 5.41 Å². The number of nitrogens with zero attached hydrogens (tertiary/aromatic N) is 5. The van der Waals surface area contributed by atoms with Gasteiger partial charge in [0.25, 0.3) is 0 Å². The van der Waals surface area contributed by atoms with Crippen molar-refractivity contribution in [2.45, 2.75) is 48.0 Å². The number of aryl methyl sites for hydroxylation is 6. The van der Waals surface area contributed by atoms with Crippen LogP contribution in [0.5, 0.6) is 11.5 Å². The molecule has 4 aromatic rings. The van der Waals surface area contributed by atoms with Gasteiger partial charge in [-0.3, -0.25) is 10.4 Å². The summed E-state index contributed by atoms with van der Waals surface area (Å²) in [5.41, 5.74) is 11.5. The van der Waals surface area contributed by atoms with Crippen molar-refractivity contribution in [3.8, 4) is 11.5 Å². The van der Waals surface area contributed by atoms with E-state index in [0.29, 0.717) is 19.2 Å². The van der Waals surface area contributed by atoms with Crippen LogP contribution in [0.25, 0.3) is 0 Å². The van der Waals surface area contributed by atoms with Gasteiger partial charge >= 0.3 is 0 Å². The van der Waals surface area contributed by atoms with Crippen LogP contribution in [0, 0.1) is 47.0 Å². The van der Waals surface area contributed by atoms with Gasteiger partial charge in [-0.25, -0.2) is 0 Å². The van der Waals surface area contributed by atoms with Gasteiger partial charge in [0.1, 0.15) is 11.5 Å². The summed E-state index contributed by atoms with van der Waals surface area (Å²) in [6.45, 7) is 16.9. The summed E-state index contributed by atoms with van der Waals surface area (Å²) in [4.78, 5) is 13.5. The first-order valence-corrected chi connectivity index (χ1v) is 16.9. The Kier molecular flexibility index (Phi) is 9.62. The number of anilines is 4. The van der Waals surface area contributed by atoms with Crippen LogP contribution in [-0.4, -0.2) is 58.4 Å². The van der Waals surface area contributed by atoms with E-state index in [0.717, 1.165) is 72.7 Å². The molecule has 0 unspecified atom stereocenters. The average Bonchev–Trinajstić information content (AvgIpc) is 3.65. The molecule has 250 valence electrons. The molecule has 2 saturated heterocycles. The Hall–Kier alpha value is -4.98. The lowest BCUT2D eigenvalue weighted by Crippen LogP contribution is -2.34. The number of para-hydroxylation sites is 2. The first-order valence-electron chi connectivity index (χ1n) is 16.9. The zero-order chi connectivity index (χ0) is 33.9. The summed E-state index contributed by atoms with van der Waals surface area (Å²) in [5, 5.41) is 9.11. The van der Waals surface area contributed by atoms with E-state index in [2.05, 4.69) is 128 Å². The van der Waals surface area contributed by atoms with Gasteiger partial charge in [0.15, 0.2) is 0 Å². The highest BCUT2D eigenvalue weighted by Crippen LogP contribution is 2.37. The smallest absolute Gasteiger partial charge is 0.205 e. The third-order valence-corrected chi connectivity index (χ3v) is 9.32.